The van der Waals surface area contributed by atoms with Gasteiger partial charge < -0.3 is 9.84 Å². The van der Waals surface area contributed by atoms with Gasteiger partial charge in [-0.15, -0.1) is 0 Å². The lowest BCUT2D eigenvalue weighted by Crippen LogP contribution is -2.39. The van der Waals surface area contributed by atoms with E-state index in [2.05, 4.69) is 0 Å². The van der Waals surface area contributed by atoms with Crippen LogP contribution in [0.2, 0.25) is 0 Å². The fourth-order valence-corrected chi connectivity index (χ4v) is 3.88. The maximum absolute atomic E-state index is 13.0. The van der Waals surface area contributed by atoms with Gasteiger partial charge in [-0.1, -0.05) is 103 Å². The minimum atomic E-state index is -0.920. The molecule has 150 valence electrons. The summed E-state index contributed by atoms with van der Waals surface area (Å²) in [7, 11) is 0. The van der Waals surface area contributed by atoms with Crippen molar-refractivity contribution in [2.75, 3.05) is 0 Å². The Morgan fingerprint density at radius 2 is 1.47 bits per heavy atom. The Morgan fingerprint density at radius 3 is 2.10 bits per heavy atom. The van der Waals surface area contributed by atoms with Crippen molar-refractivity contribution in [2.45, 2.75) is 24.9 Å². The third-order valence-electron chi connectivity index (χ3n) is 5.40. The van der Waals surface area contributed by atoms with E-state index in [0.717, 1.165) is 16.7 Å². The molecule has 0 fully saturated rings. The number of carbonyl (C=O) groups is 1. The number of aliphatic hydroxyl groups excluding tert-OH is 1. The van der Waals surface area contributed by atoms with Crippen LogP contribution in [0.4, 0.5) is 0 Å². The zero-order valence-corrected chi connectivity index (χ0v) is 16.7. The first kappa shape index (κ1) is 19.7. The lowest BCUT2D eigenvalue weighted by molar-refractivity contribution is -0.160. The zero-order valence-electron chi connectivity index (χ0n) is 16.7. The van der Waals surface area contributed by atoms with Crippen molar-refractivity contribution in [1.29, 1.82) is 0 Å². The van der Waals surface area contributed by atoms with Crippen LogP contribution in [0.25, 0.3) is 6.08 Å². The van der Waals surface area contributed by atoms with Gasteiger partial charge in [-0.3, -0.25) is 0 Å². The van der Waals surface area contributed by atoms with Gasteiger partial charge in [0.05, 0.1) is 12.0 Å². The molecule has 0 saturated heterocycles. The highest BCUT2D eigenvalue weighted by Crippen LogP contribution is 2.41. The summed E-state index contributed by atoms with van der Waals surface area (Å²) >= 11 is 0. The van der Waals surface area contributed by atoms with E-state index in [0.29, 0.717) is 18.4 Å². The van der Waals surface area contributed by atoms with E-state index in [1.54, 1.807) is 0 Å². The first-order valence-corrected chi connectivity index (χ1v) is 10.1. The number of aliphatic hydroxyl groups is 1. The van der Waals surface area contributed by atoms with E-state index >= 15 is 0 Å². The Hall–Kier alpha value is -3.59. The normalized spacial score (nSPS) is 19.1. The zero-order chi connectivity index (χ0) is 20.8. The maximum atomic E-state index is 13.0. The fraction of sp³-hybridized carbons (Fsp3) is 0.148. The van der Waals surface area contributed by atoms with E-state index in [9.17, 15) is 9.90 Å². The molecular weight excluding hydrogens is 372 g/mol. The van der Waals surface area contributed by atoms with Crippen LogP contribution in [0.1, 0.15) is 29.5 Å². The molecule has 3 nitrogen and oxygen atoms in total. The standard InChI is InChI=1S/C27H24O3/c28-25-20-27(23-16-8-3-9-17-23,19-22-13-6-2-7-14-22)30-26(29)24(25)18-10-15-21-11-4-1-5-12-21/h1-17,28H,18-20H2. The number of esters is 1. The van der Waals surface area contributed by atoms with Crippen molar-refractivity contribution < 1.29 is 14.6 Å². The first-order valence-electron chi connectivity index (χ1n) is 10.1. The number of benzene rings is 3. The topological polar surface area (TPSA) is 46.5 Å². The molecule has 1 unspecified atom stereocenters. The second-order valence-corrected chi connectivity index (χ2v) is 7.53. The maximum Gasteiger partial charge on any atom is 0.338 e. The van der Waals surface area contributed by atoms with Crippen molar-refractivity contribution in [3.8, 4) is 0 Å². The molecule has 1 aliphatic rings. The number of cyclic esters (lactones) is 1. The molecule has 0 aliphatic carbocycles. The Morgan fingerprint density at radius 1 is 0.867 bits per heavy atom. The van der Waals surface area contributed by atoms with E-state index in [1.807, 2.05) is 103 Å². The van der Waals surface area contributed by atoms with Gasteiger partial charge in [0.15, 0.2) is 0 Å². The van der Waals surface area contributed by atoms with Crippen molar-refractivity contribution in [3.05, 3.63) is 125 Å². The molecule has 1 N–H and O–H groups in total. The molecule has 0 radical (unpaired) electrons. The number of ether oxygens (including phenoxy) is 1. The average molecular weight is 396 g/mol. The van der Waals surface area contributed by atoms with E-state index < -0.39 is 11.6 Å². The van der Waals surface area contributed by atoms with Gasteiger partial charge in [-0.05, 0) is 16.7 Å². The molecule has 0 spiro atoms. The predicted molar refractivity (Wildman–Crippen MR) is 119 cm³/mol. The van der Waals surface area contributed by atoms with Crippen LogP contribution in [0.15, 0.2) is 108 Å². The van der Waals surface area contributed by atoms with Crippen LogP contribution in [0.3, 0.4) is 0 Å². The third-order valence-corrected chi connectivity index (χ3v) is 5.40. The molecule has 1 heterocycles. The molecule has 4 rings (SSSR count). The first-order chi connectivity index (χ1) is 14.7. The number of allylic oxidation sites excluding steroid dienone is 1. The molecule has 0 amide bonds. The van der Waals surface area contributed by atoms with Crippen molar-refractivity contribution in [2.24, 2.45) is 0 Å². The minimum Gasteiger partial charge on any atom is -0.512 e. The number of hydrogen-bond donors (Lipinski definition) is 1. The van der Waals surface area contributed by atoms with Gasteiger partial charge >= 0.3 is 5.97 Å². The Balaban J connectivity index is 1.62. The van der Waals surface area contributed by atoms with Crippen molar-refractivity contribution in [3.63, 3.8) is 0 Å². The van der Waals surface area contributed by atoms with E-state index in [1.165, 1.54) is 0 Å². The number of hydrogen-bond acceptors (Lipinski definition) is 3. The van der Waals surface area contributed by atoms with Crippen LogP contribution in [-0.2, 0) is 21.6 Å². The molecule has 1 atom stereocenters. The molecule has 3 heteroatoms. The Kier molecular flexibility index (Phi) is 5.80. The third kappa shape index (κ3) is 4.36. The molecular formula is C27H24O3. The molecule has 0 saturated carbocycles. The number of rotatable bonds is 6. The molecule has 0 aromatic heterocycles. The highest BCUT2D eigenvalue weighted by atomic mass is 16.6. The summed E-state index contributed by atoms with van der Waals surface area (Å²) < 4.78 is 6.06. The summed E-state index contributed by atoms with van der Waals surface area (Å²) in [6, 6.07) is 29.5. The van der Waals surface area contributed by atoms with E-state index in [-0.39, 0.29) is 12.2 Å². The number of carbonyl (C=O) groups excluding carboxylic acids is 1. The SMILES string of the molecule is O=C1OC(Cc2ccccc2)(c2ccccc2)CC(O)=C1CC=Cc1ccccc1. The summed E-state index contributed by atoms with van der Waals surface area (Å²) in [4.78, 5) is 13.0. The van der Waals surface area contributed by atoms with Crippen molar-refractivity contribution >= 4 is 12.0 Å². The van der Waals surface area contributed by atoms with Crippen molar-refractivity contribution in [1.82, 2.24) is 0 Å². The lowest BCUT2D eigenvalue weighted by Gasteiger charge is -2.37. The smallest absolute Gasteiger partial charge is 0.338 e. The van der Waals surface area contributed by atoms with Gasteiger partial charge in [0.1, 0.15) is 11.4 Å². The lowest BCUT2D eigenvalue weighted by atomic mass is 9.81. The summed E-state index contributed by atoms with van der Waals surface area (Å²) in [6.45, 7) is 0. The monoisotopic (exact) mass is 396 g/mol. The minimum absolute atomic E-state index is 0.101. The molecule has 3 aromatic carbocycles. The summed E-state index contributed by atoms with van der Waals surface area (Å²) in [6.07, 6.45) is 4.91. The second-order valence-electron chi connectivity index (χ2n) is 7.53. The predicted octanol–water partition coefficient (Wildman–Crippen LogP) is 5.99. The highest BCUT2D eigenvalue weighted by molar-refractivity contribution is 5.91. The van der Waals surface area contributed by atoms with E-state index in [4.69, 9.17) is 4.74 Å². The summed E-state index contributed by atoms with van der Waals surface area (Å²) in [5.74, 6) is -0.361. The largest absolute Gasteiger partial charge is 0.512 e. The van der Waals surface area contributed by atoms with Gasteiger partial charge in [0.25, 0.3) is 0 Å². The van der Waals surface area contributed by atoms with Gasteiger partial charge in [-0.25, -0.2) is 4.79 Å². The van der Waals surface area contributed by atoms with Crippen LogP contribution in [0.5, 0.6) is 0 Å². The van der Waals surface area contributed by atoms with Crippen LogP contribution >= 0.6 is 0 Å². The molecule has 0 bridgehead atoms. The summed E-state index contributed by atoms with van der Waals surface area (Å²) in [5, 5.41) is 10.9. The Labute approximate surface area is 177 Å². The fourth-order valence-electron chi connectivity index (χ4n) is 3.88. The van der Waals surface area contributed by atoms with Crippen LogP contribution < -0.4 is 0 Å². The molecule has 3 aromatic rings. The quantitative estimate of drug-likeness (QED) is 0.521. The van der Waals surface area contributed by atoms with Gasteiger partial charge in [0.2, 0.25) is 0 Å². The van der Waals surface area contributed by atoms with Crippen LogP contribution in [-0.4, -0.2) is 11.1 Å². The summed E-state index contributed by atoms with van der Waals surface area (Å²) in [5.41, 5.74) is 2.38. The van der Waals surface area contributed by atoms with Crippen LogP contribution in [0, 0.1) is 0 Å². The van der Waals surface area contributed by atoms with Gasteiger partial charge in [-0.2, -0.15) is 0 Å². The average Bonchev–Trinajstić information content (AvgIpc) is 2.78. The highest BCUT2D eigenvalue weighted by Gasteiger charge is 2.43. The Bertz CT molecular complexity index is 1050. The second kappa shape index (κ2) is 8.83. The molecule has 30 heavy (non-hydrogen) atoms. The van der Waals surface area contributed by atoms with Gasteiger partial charge in [0, 0.05) is 12.8 Å². The molecule has 1 aliphatic heterocycles.